The minimum atomic E-state index is 0.272. The summed E-state index contributed by atoms with van der Waals surface area (Å²) in [5, 5.41) is 0. The van der Waals surface area contributed by atoms with Crippen LogP contribution in [0.2, 0.25) is 0 Å². The largest absolute Gasteiger partial charge is 0.383 e. The van der Waals surface area contributed by atoms with Gasteiger partial charge in [-0.2, -0.15) is 0 Å². The van der Waals surface area contributed by atoms with Crippen molar-refractivity contribution in [3.05, 3.63) is 35.9 Å². The van der Waals surface area contributed by atoms with Crippen molar-refractivity contribution in [1.82, 2.24) is 4.90 Å². The molecule has 1 fully saturated rings. The van der Waals surface area contributed by atoms with Crippen molar-refractivity contribution < 1.29 is 0 Å². The molecular weight excluding hydrogens is 210 g/mol. The highest BCUT2D eigenvalue weighted by Gasteiger charge is 2.14. The van der Waals surface area contributed by atoms with E-state index in [0.717, 1.165) is 12.1 Å². The number of likely N-dealkylation sites (tertiary alicyclic amines) is 1. The standard InChI is InChI=1S/C14H21N3/c1-12(11-17-9-5-6-10-17)16-14(15)13-7-3-2-4-8-13/h2-4,7-8,12H,5-6,9-11H2,1H3,(H2,15,16). The summed E-state index contributed by atoms with van der Waals surface area (Å²) in [6.45, 7) is 5.58. The molecule has 1 aliphatic rings. The SMILES string of the molecule is CC(CN1CCCC1)N=C(N)c1ccccc1. The van der Waals surface area contributed by atoms with E-state index in [1.807, 2.05) is 30.3 Å². The lowest BCUT2D eigenvalue weighted by Crippen LogP contribution is -2.29. The summed E-state index contributed by atoms with van der Waals surface area (Å²) in [7, 11) is 0. The summed E-state index contributed by atoms with van der Waals surface area (Å²) >= 11 is 0. The van der Waals surface area contributed by atoms with E-state index in [0.29, 0.717) is 5.84 Å². The number of benzene rings is 1. The Morgan fingerprint density at radius 1 is 1.29 bits per heavy atom. The molecule has 3 heteroatoms. The molecule has 0 aromatic heterocycles. The molecule has 2 N–H and O–H groups in total. The molecule has 17 heavy (non-hydrogen) atoms. The third-order valence-electron chi connectivity index (χ3n) is 3.15. The van der Waals surface area contributed by atoms with E-state index in [2.05, 4.69) is 16.8 Å². The Hall–Kier alpha value is -1.35. The average Bonchev–Trinajstić information content (AvgIpc) is 2.82. The Labute approximate surface area is 103 Å². The molecule has 1 aromatic rings. The molecule has 92 valence electrons. The first-order valence-corrected chi connectivity index (χ1v) is 6.37. The summed E-state index contributed by atoms with van der Waals surface area (Å²) < 4.78 is 0. The summed E-state index contributed by atoms with van der Waals surface area (Å²) in [6.07, 6.45) is 2.65. The highest BCUT2D eigenvalue weighted by Crippen LogP contribution is 2.09. The van der Waals surface area contributed by atoms with Crippen LogP contribution in [0.5, 0.6) is 0 Å². The Bertz CT molecular complexity index is 366. The fourth-order valence-electron chi connectivity index (χ4n) is 2.30. The van der Waals surface area contributed by atoms with Gasteiger partial charge in [0.05, 0.1) is 6.04 Å². The predicted octanol–water partition coefficient (Wildman–Crippen LogP) is 1.88. The van der Waals surface area contributed by atoms with Crippen molar-refractivity contribution in [1.29, 1.82) is 0 Å². The number of nitrogens with two attached hydrogens (primary N) is 1. The van der Waals surface area contributed by atoms with Crippen LogP contribution >= 0.6 is 0 Å². The second kappa shape index (κ2) is 5.82. The van der Waals surface area contributed by atoms with Crippen LogP contribution in [0.1, 0.15) is 25.3 Å². The zero-order valence-corrected chi connectivity index (χ0v) is 10.5. The van der Waals surface area contributed by atoms with Crippen molar-refractivity contribution in [3.8, 4) is 0 Å². The van der Waals surface area contributed by atoms with Crippen LogP contribution in [-0.2, 0) is 0 Å². The van der Waals surface area contributed by atoms with E-state index in [4.69, 9.17) is 5.73 Å². The maximum atomic E-state index is 6.00. The first kappa shape index (κ1) is 12.1. The lowest BCUT2D eigenvalue weighted by Gasteiger charge is -2.17. The van der Waals surface area contributed by atoms with Crippen LogP contribution in [-0.4, -0.2) is 36.4 Å². The lowest BCUT2D eigenvalue weighted by molar-refractivity contribution is 0.321. The molecule has 0 saturated carbocycles. The van der Waals surface area contributed by atoms with Gasteiger partial charge in [-0.1, -0.05) is 30.3 Å². The molecule has 3 nitrogen and oxygen atoms in total. The van der Waals surface area contributed by atoms with Gasteiger partial charge in [0.1, 0.15) is 5.84 Å². The highest BCUT2D eigenvalue weighted by molar-refractivity contribution is 5.97. The smallest absolute Gasteiger partial charge is 0.125 e. The van der Waals surface area contributed by atoms with Crippen LogP contribution < -0.4 is 5.73 Å². The van der Waals surface area contributed by atoms with E-state index >= 15 is 0 Å². The molecule has 0 bridgehead atoms. The van der Waals surface area contributed by atoms with Gasteiger partial charge in [-0.25, -0.2) is 0 Å². The third kappa shape index (κ3) is 3.56. The molecule has 1 atom stereocenters. The normalized spacial score (nSPS) is 19.5. The average molecular weight is 231 g/mol. The van der Waals surface area contributed by atoms with E-state index in [1.54, 1.807) is 0 Å². The molecule has 1 aliphatic heterocycles. The molecule has 2 rings (SSSR count). The first-order valence-electron chi connectivity index (χ1n) is 6.37. The zero-order valence-electron chi connectivity index (χ0n) is 10.5. The van der Waals surface area contributed by atoms with Gasteiger partial charge in [-0.3, -0.25) is 4.99 Å². The molecule has 1 unspecified atom stereocenters. The molecule has 1 saturated heterocycles. The van der Waals surface area contributed by atoms with Crippen molar-refractivity contribution >= 4 is 5.84 Å². The first-order chi connectivity index (χ1) is 8.25. The number of hydrogen-bond donors (Lipinski definition) is 1. The highest BCUT2D eigenvalue weighted by atomic mass is 15.2. The van der Waals surface area contributed by atoms with Gasteiger partial charge in [0, 0.05) is 12.1 Å². The van der Waals surface area contributed by atoms with Crippen LogP contribution in [0.3, 0.4) is 0 Å². The van der Waals surface area contributed by atoms with E-state index in [9.17, 15) is 0 Å². The summed E-state index contributed by atoms with van der Waals surface area (Å²) in [5.41, 5.74) is 7.02. The van der Waals surface area contributed by atoms with E-state index in [1.165, 1.54) is 25.9 Å². The van der Waals surface area contributed by atoms with Gasteiger partial charge >= 0.3 is 0 Å². The molecule has 0 aliphatic carbocycles. The van der Waals surface area contributed by atoms with Crippen molar-refractivity contribution in [2.24, 2.45) is 10.7 Å². The van der Waals surface area contributed by atoms with Gasteiger partial charge in [0.2, 0.25) is 0 Å². The Morgan fingerprint density at radius 2 is 1.94 bits per heavy atom. The van der Waals surface area contributed by atoms with E-state index in [-0.39, 0.29) is 6.04 Å². The summed E-state index contributed by atoms with van der Waals surface area (Å²) in [6, 6.07) is 10.2. The molecule has 0 amide bonds. The fourth-order valence-corrected chi connectivity index (χ4v) is 2.30. The van der Waals surface area contributed by atoms with Crippen LogP contribution in [0.25, 0.3) is 0 Å². The molecular formula is C14H21N3. The Morgan fingerprint density at radius 3 is 2.59 bits per heavy atom. The molecule has 0 radical (unpaired) electrons. The number of rotatable bonds is 4. The van der Waals surface area contributed by atoms with Gasteiger partial charge < -0.3 is 10.6 Å². The molecule has 0 spiro atoms. The van der Waals surface area contributed by atoms with Crippen LogP contribution in [0.4, 0.5) is 0 Å². The second-order valence-corrected chi connectivity index (χ2v) is 4.74. The van der Waals surface area contributed by atoms with Crippen molar-refractivity contribution in [2.75, 3.05) is 19.6 Å². The molecule has 1 heterocycles. The van der Waals surface area contributed by atoms with Crippen LogP contribution in [0, 0.1) is 0 Å². The number of amidine groups is 1. The third-order valence-corrected chi connectivity index (χ3v) is 3.15. The number of nitrogens with zero attached hydrogens (tertiary/aromatic N) is 2. The maximum Gasteiger partial charge on any atom is 0.125 e. The summed E-state index contributed by atoms with van der Waals surface area (Å²) in [5.74, 6) is 0.650. The van der Waals surface area contributed by atoms with Gasteiger partial charge in [-0.15, -0.1) is 0 Å². The van der Waals surface area contributed by atoms with Crippen LogP contribution in [0.15, 0.2) is 35.3 Å². The minimum Gasteiger partial charge on any atom is -0.383 e. The topological polar surface area (TPSA) is 41.6 Å². The molecule has 1 aromatic carbocycles. The van der Waals surface area contributed by atoms with E-state index < -0.39 is 0 Å². The van der Waals surface area contributed by atoms with Gasteiger partial charge in [-0.05, 0) is 32.9 Å². The van der Waals surface area contributed by atoms with Gasteiger partial charge in [0.15, 0.2) is 0 Å². The quantitative estimate of drug-likeness (QED) is 0.635. The zero-order chi connectivity index (χ0) is 12.1. The number of aliphatic imine (C=N–C) groups is 1. The van der Waals surface area contributed by atoms with Gasteiger partial charge in [0.25, 0.3) is 0 Å². The number of hydrogen-bond acceptors (Lipinski definition) is 2. The second-order valence-electron chi connectivity index (χ2n) is 4.74. The predicted molar refractivity (Wildman–Crippen MR) is 72.3 cm³/mol. The Balaban J connectivity index is 1.93. The summed E-state index contributed by atoms with van der Waals surface area (Å²) in [4.78, 5) is 7.03. The fraction of sp³-hybridized carbons (Fsp3) is 0.500. The van der Waals surface area contributed by atoms with Crippen molar-refractivity contribution in [2.45, 2.75) is 25.8 Å². The lowest BCUT2D eigenvalue weighted by atomic mass is 10.2. The Kier molecular flexibility index (Phi) is 4.15. The maximum absolute atomic E-state index is 6.00. The van der Waals surface area contributed by atoms with Crippen molar-refractivity contribution in [3.63, 3.8) is 0 Å². The minimum absolute atomic E-state index is 0.272. The monoisotopic (exact) mass is 231 g/mol.